The molecule has 0 saturated heterocycles. The number of likely N-dealkylation sites (N-methyl/N-ethyl adjacent to an activating group) is 1. The molecule has 0 bridgehead atoms. The summed E-state index contributed by atoms with van der Waals surface area (Å²) in [6, 6.07) is -0.159. The van der Waals surface area contributed by atoms with Crippen LogP contribution in [0.4, 0.5) is 4.79 Å². The number of carbonyl (C=O) groups excluding carboxylic acids is 1. The van der Waals surface area contributed by atoms with Gasteiger partial charge in [-0.1, -0.05) is 25.7 Å². The number of aliphatic hydroxyl groups excluding tert-OH is 1. The van der Waals surface area contributed by atoms with Crippen LogP contribution in [0.25, 0.3) is 0 Å². The molecule has 1 saturated carbocycles. The van der Waals surface area contributed by atoms with Gasteiger partial charge in [0.25, 0.3) is 0 Å². The zero-order valence-electron chi connectivity index (χ0n) is 11.4. The Morgan fingerprint density at radius 3 is 2.61 bits per heavy atom. The summed E-state index contributed by atoms with van der Waals surface area (Å²) in [5, 5.41) is 11.5. The first-order valence-corrected chi connectivity index (χ1v) is 6.95. The monoisotopic (exact) mass is 258 g/mol. The molecule has 0 radical (unpaired) electrons. The molecule has 0 atom stereocenters. The fourth-order valence-corrected chi connectivity index (χ4v) is 2.18. The lowest BCUT2D eigenvalue weighted by atomic mass is 10.1. The number of amides is 2. The van der Waals surface area contributed by atoms with Crippen LogP contribution >= 0.6 is 0 Å². The molecule has 1 aliphatic rings. The van der Waals surface area contributed by atoms with E-state index in [1.807, 2.05) is 0 Å². The Morgan fingerprint density at radius 1 is 1.33 bits per heavy atom. The van der Waals surface area contributed by atoms with E-state index in [2.05, 4.69) is 5.32 Å². The number of rotatable bonds is 6. The first-order valence-electron chi connectivity index (χ1n) is 6.95. The molecule has 5 heteroatoms. The molecule has 1 rings (SSSR count). The van der Waals surface area contributed by atoms with Crippen molar-refractivity contribution in [2.75, 3.05) is 33.4 Å². The van der Waals surface area contributed by atoms with E-state index in [4.69, 9.17) is 9.84 Å². The number of ether oxygens (including phenoxy) is 1. The van der Waals surface area contributed by atoms with Crippen molar-refractivity contribution in [2.45, 2.75) is 44.6 Å². The molecular weight excluding hydrogens is 232 g/mol. The van der Waals surface area contributed by atoms with Crippen LogP contribution in [0.5, 0.6) is 0 Å². The van der Waals surface area contributed by atoms with E-state index in [9.17, 15) is 4.79 Å². The van der Waals surface area contributed by atoms with Crippen LogP contribution in [0, 0.1) is 0 Å². The van der Waals surface area contributed by atoms with Crippen molar-refractivity contribution in [1.82, 2.24) is 10.2 Å². The zero-order valence-corrected chi connectivity index (χ0v) is 11.4. The van der Waals surface area contributed by atoms with E-state index >= 15 is 0 Å². The van der Waals surface area contributed by atoms with Gasteiger partial charge < -0.3 is 20.1 Å². The second-order valence-corrected chi connectivity index (χ2v) is 4.86. The number of aliphatic hydroxyl groups is 1. The number of nitrogens with zero attached hydrogens (tertiary/aromatic N) is 1. The fraction of sp³-hybridized carbons (Fsp3) is 0.923. The molecule has 0 aromatic carbocycles. The maximum Gasteiger partial charge on any atom is 0.317 e. The first kappa shape index (κ1) is 15.2. The Bertz CT molecular complexity index is 228. The van der Waals surface area contributed by atoms with Crippen molar-refractivity contribution < 1.29 is 14.6 Å². The molecule has 0 spiro atoms. The second-order valence-electron chi connectivity index (χ2n) is 4.86. The minimum absolute atomic E-state index is 0.0114. The third kappa shape index (κ3) is 6.21. The fourth-order valence-electron chi connectivity index (χ4n) is 2.18. The highest BCUT2D eigenvalue weighted by Gasteiger charge is 2.12. The van der Waals surface area contributed by atoms with E-state index in [-0.39, 0.29) is 12.6 Å². The van der Waals surface area contributed by atoms with Crippen molar-refractivity contribution in [3.63, 3.8) is 0 Å². The van der Waals surface area contributed by atoms with Gasteiger partial charge in [-0.25, -0.2) is 4.79 Å². The third-order valence-corrected chi connectivity index (χ3v) is 3.32. The van der Waals surface area contributed by atoms with Crippen molar-refractivity contribution in [3.8, 4) is 0 Å². The molecule has 0 unspecified atom stereocenters. The maximum absolute atomic E-state index is 11.5. The van der Waals surface area contributed by atoms with Crippen LogP contribution in [-0.4, -0.2) is 55.5 Å². The maximum atomic E-state index is 11.5. The Balaban J connectivity index is 2.05. The normalized spacial score (nSPS) is 17.2. The third-order valence-electron chi connectivity index (χ3n) is 3.32. The van der Waals surface area contributed by atoms with E-state index in [0.717, 1.165) is 12.8 Å². The molecule has 1 aliphatic carbocycles. The van der Waals surface area contributed by atoms with E-state index in [1.165, 1.54) is 30.6 Å². The molecular formula is C13H26N2O3. The average Bonchev–Trinajstić information content (AvgIpc) is 2.63. The van der Waals surface area contributed by atoms with Gasteiger partial charge in [0, 0.05) is 20.1 Å². The van der Waals surface area contributed by atoms with Gasteiger partial charge >= 0.3 is 6.03 Å². The molecule has 2 amide bonds. The summed E-state index contributed by atoms with van der Waals surface area (Å²) >= 11 is 0. The largest absolute Gasteiger partial charge is 0.395 e. The van der Waals surface area contributed by atoms with Crippen LogP contribution in [0.3, 0.4) is 0 Å². The summed E-state index contributed by atoms with van der Waals surface area (Å²) in [4.78, 5) is 13.0. The molecule has 0 aromatic heterocycles. The molecule has 2 N–H and O–H groups in total. The number of nitrogens with one attached hydrogen (secondary N) is 1. The summed E-state index contributed by atoms with van der Waals surface area (Å²) in [6.07, 6.45) is 7.84. The summed E-state index contributed by atoms with van der Waals surface area (Å²) in [5.41, 5.74) is 0. The molecule has 106 valence electrons. The topological polar surface area (TPSA) is 61.8 Å². The molecule has 0 heterocycles. The summed E-state index contributed by atoms with van der Waals surface area (Å²) in [5.74, 6) is 0. The van der Waals surface area contributed by atoms with E-state index in [1.54, 1.807) is 7.05 Å². The Hall–Kier alpha value is -0.810. The highest BCUT2D eigenvalue weighted by Crippen LogP contribution is 2.19. The van der Waals surface area contributed by atoms with Gasteiger partial charge in [-0.3, -0.25) is 0 Å². The lowest BCUT2D eigenvalue weighted by Gasteiger charge is -2.18. The summed E-state index contributed by atoms with van der Waals surface area (Å²) in [6.45, 7) is 1.45. The van der Waals surface area contributed by atoms with Gasteiger partial charge in [-0.2, -0.15) is 0 Å². The van der Waals surface area contributed by atoms with Gasteiger partial charge in [-0.05, 0) is 12.8 Å². The Labute approximate surface area is 109 Å². The SMILES string of the molecule is CN(CCO)C(=O)NCCOC1CCCCCC1. The molecule has 1 fully saturated rings. The summed E-state index contributed by atoms with van der Waals surface area (Å²) < 4.78 is 5.77. The molecule has 18 heavy (non-hydrogen) atoms. The van der Waals surface area contributed by atoms with Crippen molar-refractivity contribution in [1.29, 1.82) is 0 Å². The van der Waals surface area contributed by atoms with Gasteiger partial charge in [0.1, 0.15) is 0 Å². The molecule has 5 nitrogen and oxygen atoms in total. The lowest BCUT2D eigenvalue weighted by Crippen LogP contribution is -2.40. The molecule has 0 aromatic rings. The number of hydrogen-bond donors (Lipinski definition) is 2. The lowest BCUT2D eigenvalue weighted by molar-refractivity contribution is 0.0455. The minimum atomic E-state index is -0.159. The predicted octanol–water partition coefficient (Wildman–Crippen LogP) is 1.36. The van der Waals surface area contributed by atoms with Crippen LogP contribution in [0.1, 0.15) is 38.5 Å². The quantitative estimate of drug-likeness (QED) is 0.558. The summed E-state index contributed by atoms with van der Waals surface area (Å²) in [7, 11) is 1.66. The second kappa shape index (κ2) is 9.16. The van der Waals surface area contributed by atoms with Crippen molar-refractivity contribution in [3.05, 3.63) is 0 Å². The van der Waals surface area contributed by atoms with Crippen LogP contribution < -0.4 is 5.32 Å². The standard InChI is InChI=1S/C13H26N2O3/c1-15(9-10-16)13(17)14-8-11-18-12-6-4-2-3-5-7-12/h12,16H,2-11H2,1H3,(H,14,17). The van der Waals surface area contributed by atoms with Gasteiger partial charge in [-0.15, -0.1) is 0 Å². The zero-order chi connectivity index (χ0) is 13.2. The average molecular weight is 258 g/mol. The first-order chi connectivity index (χ1) is 8.74. The predicted molar refractivity (Wildman–Crippen MR) is 70.6 cm³/mol. The van der Waals surface area contributed by atoms with Crippen molar-refractivity contribution in [2.24, 2.45) is 0 Å². The molecule has 0 aliphatic heterocycles. The van der Waals surface area contributed by atoms with Crippen LogP contribution in [-0.2, 0) is 4.74 Å². The van der Waals surface area contributed by atoms with E-state index < -0.39 is 0 Å². The Morgan fingerprint density at radius 2 is 2.00 bits per heavy atom. The number of hydrogen-bond acceptors (Lipinski definition) is 3. The number of urea groups is 1. The number of carbonyl (C=O) groups is 1. The van der Waals surface area contributed by atoms with E-state index in [0.29, 0.717) is 25.8 Å². The van der Waals surface area contributed by atoms with Crippen LogP contribution in [0.2, 0.25) is 0 Å². The van der Waals surface area contributed by atoms with Gasteiger partial charge in [0.15, 0.2) is 0 Å². The van der Waals surface area contributed by atoms with Gasteiger partial charge in [0.05, 0.1) is 19.3 Å². The van der Waals surface area contributed by atoms with Crippen molar-refractivity contribution >= 4 is 6.03 Å². The smallest absolute Gasteiger partial charge is 0.317 e. The highest BCUT2D eigenvalue weighted by atomic mass is 16.5. The highest BCUT2D eigenvalue weighted by molar-refractivity contribution is 5.73. The van der Waals surface area contributed by atoms with Gasteiger partial charge in [0.2, 0.25) is 0 Å². The van der Waals surface area contributed by atoms with Crippen LogP contribution in [0.15, 0.2) is 0 Å². The minimum Gasteiger partial charge on any atom is -0.395 e. The Kier molecular flexibility index (Phi) is 7.76.